The summed E-state index contributed by atoms with van der Waals surface area (Å²) in [4.78, 5) is 9.24. The molecule has 0 aromatic heterocycles. The molecular weight excluding hydrogens is 328 g/mol. The zero-order valence-corrected chi connectivity index (χ0v) is 14.9. The van der Waals surface area contributed by atoms with Crippen LogP contribution in [-0.4, -0.2) is 44.6 Å². The van der Waals surface area contributed by atoms with Gasteiger partial charge >= 0.3 is 0 Å². The van der Waals surface area contributed by atoms with E-state index in [0.717, 1.165) is 23.5 Å². The largest absolute Gasteiger partial charge is 0.497 e. The highest BCUT2D eigenvalue weighted by atomic mass is 16.5. The number of rotatable bonds is 5. The van der Waals surface area contributed by atoms with Crippen LogP contribution in [0.4, 0.5) is 5.69 Å². The molecule has 0 saturated carbocycles. The summed E-state index contributed by atoms with van der Waals surface area (Å²) in [7, 11) is 1.65. The van der Waals surface area contributed by atoms with Gasteiger partial charge in [-0.2, -0.15) is 0 Å². The standard InChI is InChI=1S/C20H24N4O2/c1-25-17-9-7-15(8-10-17)13-19(21)24-20(18-14-22-11-12-26-18)23-16-5-3-2-4-6-16/h2-10,18,22H,11-14H2,1H3,(H2,21,23,24). The number of nitrogens with zero attached hydrogens (tertiary/aromatic N) is 2. The molecule has 26 heavy (non-hydrogen) atoms. The Hall–Kier alpha value is -2.70. The Bertz CT molecular complexity index is 751. The van der Waals surface area contributed by atoms with E-state index >= 15 is 0 Å². The molecule has 1 atom stereocenters. The lowest BCUT2D eigenvalue weighted by Gasteiger charge is -2.23. The minimum absolute atomic E-state index is 0.210. The van der Waals surface area contributed by atoms with Gasteiger partial charge in [-0.25, -0.2) is 9.98 Å². The summed E-state index contributed by atoms with van der Waals surface area (Å²) in [6.45, 7) is 2.14. The van der Waals surface area contributed by atoms with E-state index in [1.54, 1.807) is 7.11 Å². The second-order valence-corrected chi connectivity index (χ2v) is 6.00. The van der Waals surface area contributed by atoms with Gasteiger partial charge in [0.1, 0.15) is 17.7 Å². The predicted molar refractivity (Wildman–Crippen MR) is 104 cm³/mol. The minimum Gasteiger partial charge on any atom is -0.497 e. The molecule has 1 saturated heterocycles. The Kier molecular flexibility index (Phi) is 6.35. The van der Waals surface area contributed by atoms with Crippen molar-refractivity contribution in [2.75, 3.05) is 26.8 Å². The second kappa shape index (κ2) is 9.12. The van der Waals surface area contributed by atoms with E-state index in [2.05, 4.69) is 15.3 Å². The lowest BCUT2D eigenvalue weighted by atomic mass is 10.1. The van der Waals surface area contributed by atoms with Crippen molar-refractivity contribution in [3.63, 3.8) is 0 Å². The van der Waals surface area contributed by atoms with Gasteiger partial charge in [-0.05, 0) is 29.8 Å². The van der Waals surface area contributed by atoms with Crippen LogP contribution < -0.4 is 15.8 Å². The molecule has 1 fully saturated rings. The van der Waals surface area contributed by atoms with Gasteiger partial charge in [0.15, 0.2) is 5.84 Å². The minimum atomic E-state index is -0.210. The van der Waals surface area contributed by atoms with Gasteiger partial charge in [-0.15, -0.1) is 0 Å². The molecule has 2 aromatic carbocycles. The molecule has 3 N–H and O–H groups in total. The SMILES string of the molecule is COc1ccc(CC(N)=NC(=Nc2ccccc2)C2CNCCO2)cc1. The summed E-state index contributed by atoms with van der Waals surface area (Å²) in [5.41, 5.74) is 8.09. The number of nitrogens with two attached hydrogens (primary N) is 1. The molecule has 0 amide bonds. The van der Waals surface area contributed by atoms with Crippen LogP contribution in [-0.2, 0) is 11.2 Å². The maximum absolute atomic E-state index is 6.20. The number of methoxy groups -OCH3 is 1. The Labute approximate surface area is 153 Å². The summed E-state index contributed by atoms with van der Waals surface area (Å²) < 4.78 is 11.0. The highest BCUT2D eigenvalue weighted by Gasteiger charge is 2.20. The first kappa shape index (κ1) is 18.1. The first-order valence-electron chi connectivity index (χ1n) is 8.66. The summed E-state index contributed by atoms with van der Waals surface area (Å²) in [6.07, 6.45) is 0.330. The number of nitrogens with one attached hydrogen (secondary N) is 1. The predicted octanol–water partition coefficient (Wildman–Crippen LogP) is 2.31. The summed E-state index contributed by atoms with van der Waals surface area (Å²) in [5.74, 6) is 1.91. The smallest absolute Gasteiger partial charge is 0.161 e. The highest BCUT2D eigenvalue weighted by Crippen LogP contribution is 2.15. The number of amidine groups is 2. The van der Waals surface area contributed by atoms with Crippen LogP contribution in [0.1, 0.15) is 5.56 Å². The van der Waals surface area contributed by atoms with Gasteiger partial charge in [0.05, 0.1) is 19.4 Å². The summed E-state index contributed by atoms with van der Waals surface area (Å²) in [6, 6.07) is 17.5. The number of hydrogen-bond donors (Lipinski definition) is 2. The monoisotopic (exact) mass is 352 g/mol. The third kappa shape index (κ3) is 5.15. The lowest BCUT2D eigenvalue weighted by Crippen LogP contribution is -2.43. The van der Waals surface area contributed by atoms with Crippen molar-refractivity contribution in [2.24, 2.45) is 15.7 Å². The third-order valence-electron chi connectivity index (χ3n) is 4.02. The molecule has 2 aromatic rings. The molecule has 1 unspecified atom stereocenters. The van der Waals surface area contributed by atoms with Gasteiger partial charge in [0.2, 0.25) is 0 Å². The molecule has 0 radical (unpaired) electrons. The molecule has 1 heterocycles. The van der Waals surface area contributed by atoms with Gasteiger partial charge < -0.3 is 20.5 Å². The number of para-hydroxylation sites is 1. The molecule has 3 rings (SSSR count). The van der Waals surface area contributed by atoms with Crippen LogP contribution in [0.25, 0.3) is 0 Å². The molecule has 1 aliphatic rings. The van der Waals surface area contributed by atoms with E-state index in [4.69, 9.17) is 15.2 Å². The van der Waals surface area contributed by atoms with Gasteiger partial charge in [0, 0.05) is 19.5 Å². The fraction of sp³-hybridized carbons (Fsp3) is 0.300. The number of aliphatic imine (C=N–C) groups is 2. The Balaban J connectivity index is 1.80. The van der Waals surface area contributed by atoms with E-state index in [9.17, 15) is 0 Å². The second-order valence-electron chi connectivity index (χ2n) is 6.00. The van der Waals surface area contributed by atoms with Crippen LogP contribution in [0, 0.1) is 0 Å². The summed E-state index contributed by atoms with van der Waals surface area (Å²) in [5, 5.41) is 3.31. The van der Waals surface area contributed by atoms with Crippen molar-refractivity contribution >= 4 is 17.4 Å². The van der Waals surface area contributed by atoms with Crippen molar-refractivity contribution in [2.45, 2.75) is 12.5 Å². The van der Waals surface area contributed by atoms with Crippen LogP contribution in [0.3, 0.4) is 0 Å². The molecule has 0 aliphatic carbocycles. The lowest BCUT2D eigenvalue weighted by molar-refractivity contribution is 0.0705. The molecule has 0 bridgehead atoms. The zero-order valence-electron chi connectivity index (χ0n) is 14.9. The molecule has 136 valence electrons. The average Bonchev–Trinajstić information content (AvgIpc) is 2.69. The van der Waals surface area contributed by atoms with E-state index in [1.165, 1.54) is 0 Å². The molecule has 0 spiro atoms. The van der Waals surface area contributed by atoms with E-state index < -0.39 is 0 Å². The van der Waals surface area contributed by atoms with Crippen molar-refractivity contribution in [3.8, 4) is 5.75 Å². The number of hydrogen-bond acceptors (Lipinski definition) is 4. The first-order chi connectivity index (χ1) is 12.7. The van der Waals surface area contributed by atoms with E-state index in [-0.39, 0.29) is 6.10 Å². The van der Waals surface area contributed by atoms with Gasteiger partial charge in [0.25, 0.3) is 0 Å². The number of benzene rings is 2. The Morgan fingerprint density at radius 2 is 1.96 bits per heavy atom. The topological polar surface area (TPSA) is 81.2 Å². The van der Waals surface area contributed by atoms with Crippen molar-refractivity contribution in [1.29, 1.82) is 0 Å². The fourth-order valence-electron chi connectivity index (χ4n) is 2.67. The average molecular weight is 352 g/mol. The highest BCUT2D eigenvalue weighted by molar-refractivity contribution is 6.00. The van der Waals surface area contributed by atoms with Crippen LogP contribution in [0.5, 0.6) is 5.75 Å². The maximum atomic E-state index is 6.20. The van der Waals surface area contributed by atoms with Crippen molar-refractivity contribution < 1.29 is 9.47 Å². The Morgan fingerprint density at radius 3 is 2.62 bits per heavy atom. The van der Waals surface area contributed by atoms with Gasteiger partial charge in [-0.1, -0.05) is 30.3 Å². The van der Waals surface area contributed by atoms with E-state index in [0.29, 0.717) is 31.2 Å². The van der Waals surface area contributed by atoms with Crippen LogP contribution >= 0.6 is 0 Å². The molecule has 6 nitrogen and oxygen atoms in total. The van der Waals surface area contributed by atoms with Gasteiger partial charge in [-0.3, -0.25) is 0 Å². The summed E-state index contributed by atoms with van der Waals surface area (Å²) >= 11 is 0. The fourth-order valence-corrected chi connectivity index (χ4v) is 2.67. The number of morpholine rings is 1. The van der Waals surface area contributed by atoms with E-state index in [1.807, 2.05) is 54.6 Å². The quantitative estimate of drug-likeness (QED) is 0.639. The molecule has 6 heteroatoms. The van der Waals surface area contributed by atoms with Crippen LogP contribution in [0.15, 0.2) is 64.6 Å². The van der Waals surface area contributed by atoms with Crippen molar-refractivity contribution in [3.05, 3.63) is 60.2 Å². The normalized spacial score (nSPS) is 18.6. The first-order valence-corrected chi connectivity index (χ1v) is 8.66. The number of ether oxygens (including phenoxy) is 2. The maximum Gasteiger partial charge on any atom is 0.161 e. The van der Waals surface area contributed by atoms with Crippen LogP contribution in [0.2, 0.25) is 0 Å². The molecular formula is C20H24N4O2. The Morgan fingerprint density at radius 1 is 1.19 bits per heavy atom. The molecule has 1 aliphatic heterocycles. The third-order valence-corrected chi connectivity index (χ3v) is 4.02. The van der Waals surface area contributed by atoms with Crippen molar-refractivity contribution in [1.82, 2.24) is 5.32 Å². The zero-order chi connectivity index (χ0) is 18.2.